The molecule has 2 aliphatic carbocycles. The summed E-state index contributed by atoms with van der Waals surface area (Å²) < 4.78 is 5.10. The predicted molar refractivity (Wildman–Crippen MR) is 109 cm³/mol. The zero-order chi connectivity index (χ0) is 21.0. The molecule has 8 nitrogen and oxygen atoms in total. The van der Waals surface area contributed by atoms with Crippen LogP contribution in [0.2, 0.25) is 0 Å². The number of hydrogen-bond acceptors (Lipinski definition) is 6. The van der Waals surface area contributed by atoms with Crippen molar-refractivity contribution in [2.45, 2.75) is 64.8 Å². The van der Waals surface area contributed by atoms with Gasteiger partial charge in [0, 0.05) is 16.8 Å². The van der Waals surface area contributed by atoms with Gasteiger partial charge in [-0.05, 0) is 45.1 Å². The van der Waals surface area contributed by atoms with E-state index >= 15 is 0 Å². The summed E-state index contributed by atoms with van der Waals surface area (Å²) in [6, 6.07) is -0.494. The van der Waals surface area contributed by atoms with Gasteiger partial charge >= 0.3 is 12.0 Å². The summed E-state index contributed by atoms with van der Waals surface area (Å²) in [5.41, 5.74) is 0.975. The van der Waals surface area contributed by atoms with Crippen molar-refractivity contribution in [3.63, 3.8) is 0 Å². The molecule has 4 amide bonds. The lowest BCUT2D eigenvalue weighted by Gasteiger charge is -2.22. The van der Waals surface area contributed by atoms with Crippen molar-refractivity contribution in [1.82, 2.24) is 10.6 Å². The van der Waals surface area contributed by atoms with E-state index in [2.05, 4.69) is 16.0 Å². The molecular formula is C20H27N3O5S. The summed E-state index contributed by atoms with van der Waals surface area (Å²) in [5.74, 6) is -1.48. The number of carbonyl (C=O) groups is 4. The van der Waals surface area contributed by atoms with Crippen LogP contribution in [-0.4, -0.2) is 36.5 Å². The van der Waals surface area contributed by atoms with Crippen molar-refractivity contribution in [3.8, 4) is 0 Å². The number of urea groups is 1. The Bertz CT molecular complexity index is 809. The molecule has 2 fully saturated rings. The second-order valence-corrected chi connectivity index (χ2v) is 8.91. The third-order valence-electron chi connectivity index (χ3n) is 5.30. The van der Waals surface area contributed by atoms with Crippen LogP contribution >= 0.6 is 11.3 Å². The summed E-state index contributed by atoms with van der Waals surface area (Å²) in [4.78, 5) is 49.3. The van der Waals surface area contributed by atoms with Crippen molar-refractivity contribution in [1.29, 1.82) is 0 Å². The molecule has 1 heterocycles. The highest BCUT2D eigenvalue weighted by atomic mass is 32.1. The lowest BCUT2D eigenvalue weighted by molar-refractivity contribution is -0.123. The Morgan fingerprint density at radius 2 is 1.72 bits per heavy atom. The second-order valence-electron chi connectivity index (χ2n) is 7.68. The largest absolute Gasteiger partial charge is 0.452 e. The van der Waals surface area contributed by atoms with Crippen molar-refractivity contribution >= 4 is 40.2 Å². The smallest absolute Gasteiger partial charge is 0.341 e. The minimum Gasteiger partial charge on any atom is -0.452 e. The molecule has 29 heavy (non-hydrogen) atoms. The van der Waals surface area contributed by atoms with Crippen molar-refractivity contribution in [2.24, 2.45) is 5.92 Å². The molecule has 0 aromatic carbocycles. The molecule has 3 N–H and O–H groups in total. The van der Waals surface area contributed by atoms with Crippen LogP contribution in [0.15, 0.2) is 0 Å². The van der Waals surface area contributed by atoms with Crippen LogP contribution in [0, 0.1) is 19.8 Å². The highest BCUT2D eigenvalue weighted by Crippen LogP contribution is 2.36. The molecule has 0 unspecified atom stereocenters. The van der Waals surface area contributed by atoms with Crippen molar-refractivity contribution < 1.29 is 23.9 Å². The standard InChI is InChI=1S/C20H27N3O5S/c1-11-12(2)29-18(23-17(25)13-8-9-13)16(11)19(26)28-10-15(24)22-20(27)21-14-6-4-3-5-7-14/h13-14H,3-10H2,1-2H3,(H,23,25)(H2,21,22,24,27). The van der Waals surface area contributed by atoms with E-state index in [1.807, 2.05) is 6.92 Å². The highest BCUT2D eigenvalue weighted by Gasteiger charge is 2.32. The predicted octanol–water partition coefficient (Wildman–Crippen LogP) is 3.03. The van der Waals surface area contributed by atoms with Gasteiger partial charge in [-0.3, -0.25) is 14.9 Å². The summed E-state index contributed by atoms with van der Waals surface area (Å²) in [6.07, 6.45) is 6.83. The minimum absolute atomic E-state index is 0.00929. The van der Waals surface area contributed by atoms with Crippen LogP contribution in [0.4, 0.5) is 9.80 Å². The van der Waals surface area contributed by atoms with Gasteiger partial charge in [-0.25, -0.2) is 9.59 Å². The Hall–Kier alpha value is -2.42. The maximum Gasteiger partial charge on any atom is 0.341 e. The fourth-order valence-electron chi connectivity index (χ4n) is 3.35. The summed E-state index contributed by atoms with van der Waals surface area (Å²) in [7, 11) is 0. The molecule has 2 aliphatic rings. The third kappa shape index (κ3) is 5.79. The number of ether oxygens (including phenoxy) is 1. The minimum atomic E-state index is -0.695. The second kappa shape index (κ2) is 9.39. The summed E-state index contributed by atoms with van der Waals surface area (Å²) in [5, 5.41) is 8.20. The summed E-state index contributed by atoms with van der Waals surface area (Å²) in [6.45, 7) is 3.06. The van der Waals surface area contributed by atoms with E-state index in [4.69, 9.17) is 4.74 Å². The van der Waals surface area contributed by atoms with Gasteiger partial charge in [0.2, 0.25) is 5.91 Å². The zero-order valence-corrected chi connectivity index (χ0v) is 17.6. The highest BCUT2D eigenvalue weighted by molar-refractivity contribution is 7.16. The molecule has 2 saturated carbocycles. The molecule has 0 bridgehead atoms. The van der Waals surface area contributed by atoms with Gasteiger partial charge in [0.15, 0.2) is 6.61 Å². The number of hydrogen-bond donors (Lipinski definition) is 3. The SMILES string of the molecule is Cc1sc(NC(=O)C2CC2)c(C(=O)OCC(=O)NC(=O)NC2CCCCC2)c1C. The maximum absolute atomic E-state index is 12.5. The van der Waals surface area contributed by atoms with Crippen molar-refractivity contribution in [2.75, 3.05) is 11.9 Å². The van der Waals surface area contributed by atoms with Crippen LogP contribution in [0.25, 0.3) is 0 Å². The van der Waals surface area contributed by atoms with Gasteiger partial charge in [0.05, 0.1) is 5.56 Å². The monoisotopic (exact) mass is 421 g/mol. The van der Waals surface area contributed by atoms with Crippen LogP contribution in [0.3, 0.4) is 0 Å². The molecular weight excluding hydrogens is 394 g/mol. The third-order valence-corrected chi connectivity index (χ3v) is 6.42. The van der Waals surface area contributed by atoms with E-state index in [1.54, 1.807) is 6.92 Å². The van der Waals surface area contributed by atoms with Crippen molar-refractivity contribution in [3.05, 3.63) is 16.0 Å². The average Bonchev–Trinajstić information content (AvgIpc) is 3.48. The zero-order valence-electron chi connectivity index (χ0n) is 16.8. The molecule has 158 valence electrons. The Morgan fingerprint density at radius 3 is 2.38 bits per heavy atom. The van der Waals surface area contributed by atoms with E-state index < -0.39 is 24.5 Å². The van der Waals surface area contributed by atoms with E-state index in [0.717, 1.165) is 43.4 Å². The van der Waals surface area contributed by atoms with Gasteiger partial charge in [-0.1, -0.05) is 19.3 Å². The molecule has 0 spiro atoms. The van der Waals surface area contributed by atoms with Gasteiger partial charge in [0.25, 0.3) is 5.91 Å². The number of anilines is 1. The molecule has 9 heteroatoms. The van der Waals surface area contributed by atoms with Gasteiger partial charge in [0.1, 0.15) is 5.00 Å². The molecule has 0 radical (unpaired) electrons. The first kappa shape index (κ1) is 21.3. The van der Waals surface area contributed by atoms with E-state index in [-0.39, 0.29) is 23.4 Å². The maximum atomic E-state index is 12.5. The quantitative estimate of drug-likeness (QED) is 0.611. The molecule has 0 saturated heterocycles. The van der Waals surface area contributed by atoms with Crippen LogP contribution < -0.4 is 16.0 Å². The number of nitrogens with one attached hydrogen (secondary N) is 3. The summed E-state index contributed by atoms with van der Waals surface area (Å²) >= 11 is 1.31. The first-order valence-electron chi connectivity index (χ1n) is 10.0. The number of esters is 1. The Kier molecular flexibility index (Phi) is 6.89. The number of imide groups is 1. The number of amides is 4. The number of aryl methyl sites for hydroxylation is 1. The first-order chi connectivity index (χ1) is 13.8. The van der Waals surface area contributed by atoms with E-state index in [1.165, 1.54) is 17.8 Å². The lowest BCUT2D eigenvalue weighted by atomic mass is 9.96. The Labute approximate surface area is 173 Å². The van der Waals surface area contributed by atoms with Crippen LogP contribution in [0.1, 0.15) is 65.7 Å². The molecule has 1 aromatic heterocycles. The molecule has 0 aliphatic heterocycles. The topological polar surface area (TPSA) is 114 Å². The fraction of sp³-hybridized carbons (Fsp3) is 0.600. The number of carbonyl (C=O) groups excluding carboxylic acids is 4. The van der Waals surface area contributed by atoms with Gasteiger partial charge in [-0.2, -0.15) is 0 Å². The van der Waals surface area contributed by atoms with E-state index in [9.17, 15) is 19.2 Å². The van der Waals surface area contributed by atoms with Crippen LogP contribution in [0.5, 0.6) is 0 Å². The number of rotatable bonds is 6. The van der Waals surface area contributed by atoms with E-state index in [0.29, 0.717) is 10.6 Å². The molecule has 1 aromatic rings. The lowest BCUT2D eigenvalue weighted by Crippen LogP contribution is -2.46. The average molecular weight is 422 g/mol. The van der Waals surface area contributed by atoms with Gasteiger partial charge < -0.3 is 15.4 Å². The molecule has 3 rings (SSSR count). The number of thiophene rings is 1. The Balaban J connectivity index is 1.51. The first-order valence-corrected chi connectivity index (χ1v) is 10.8. The fourth-order valence-corrected chi connectivity index (χ4v) is 4.41. The van der Waals surface area contributed by atoms with Gasteiger partial charge in [-0.15, -0.1) is 11.3 Å². The normalized spacial score (nSPS) is 16.8. The van der Waals surface area contributed by atoms with Crippen LogP contribution in [-0.2, 0) is 14.3 Å². The Morgan fingerprint density at radius 1 is 1.03 bits per heavy atom. The molecule has 0 atom stereocenters.